The molecule has 0 aromatic heterocycles. The lowest BCUT2D eigenvalue weighted by atomic mass is 10.3. The maximum absolute atomic E-state index is 13.0. The molecule has 0 spiro atoms. The van der Waals surface area contributed by atoms with Crippen LogP contribution in [0.5, 0.6) is 0 Å². The maximum atomic E-state index is 13.0. The van der Waals surface area contributed by atoms with Crippen molar-refractivity contribution in [1.29, 1.82) is 0 Å². The van der Waals surface area contributed by atoms with E-state index < -0.39 is 15.8 Å². The molecule has 7 heteroatoms. The number of benzene rings is 2. The van der Waals surface area contributed by atoms with Crippen molar-refractivity contribution in [2.45, 2.75) is 4.90 Å². The maximum Gasteiger partial charge on any atom is 0.261 e. The lowest BCUT2D eigenvalue weighted by Gasteiger charge is -2.07. The van der Waals surface area contributed by atoms with Crippen LogP contribution in [0.4, 0.5) is 15.8 Å². The molecule has 5 nitrogen and oxygen atoms in total. The van der Waals surface area contributed by atoms with Crippen molar-refractivity contribution >= 4 is 21.4 Å². The van der Waals surface area contributed by atoms with Crippen LogP contribution in [0.15, 0.2) is 58.6 Å². The molecule has 0 amide bonds. The van der Waals surface area contributed by atoms with Gasteiger partial charge in [-0.3, -0.25) is 4.72 Å². The fourth-order valence-electron chi connectivity index (χ4n) is 1.45. The zero-order chi connectivity index (χ0) is 13.9. The van der Waals surface area contributed by atoms with E-state index in [0.717, 1.165) is 6.07 Å². The van der Waals surface area contributed by atoms with E-state index in [1.807, 2.05) is 0 Å². The Kier molecular flexibility index (Phi) is 3.57. The van der Waals surface area contributed by atoms with E-state index in [0.29, 0.717) is 0 Å². The Morgan fingerprint density at radius 1 is 1.05 bits per heavy atom. The highest BCUT2D eigenvalue weighted by Gasteiger charge is 2.14. The summed E-state index contributed by atoms with van der Waals surface area (Å²) in [5, 5.41) is 2.67. The Morgan fingerprint density at radius 3 is 2.32 bits per heavy atom. The highest BCUT2D eigenvalue weighted by atomic mass is 32.2. The molecule has 98 valence electrons. The van der Waals surface area contributed by atoms with Gasteiger partial charge in [0.2, 0.25) is 0 Å². The Balaban J connectivity index is 2.29. The topological polar surface area (TPSA) is 75.6 Å². The largest absolute Gasteiger partial charge is 0.280 e. The number of nitrogens with zero attached hydrogens (tertiary/aromatic N) is 1. The summed E-state index contributed by atoms with van der Waals surface area (Å²) in [7, 11) is -3.82. The fraction of sp³-hybridized carbons (Fsp3) is 0. The highest BCUT2D eigenvalue weighted by Crippen LogP contribution is 2.19. The van der Waals surface area contributed by atoms with Gasteiger partial charge in [0.05, 0.1) is 10.6 Å². The van der Waals surface area contributed by atoms with Gasteiger partial charge < -0.3 is 0 Å². The SMILES string of the molecule is O=Nc1ccc(S(=O)(=O)Nc2cccc(F)c2)cc1. The number of anilines is 1. The van der Waals surface area contributed by atoms with Crippen molar-refractivity contribution < 1.29 is 12.8 Å². The summed E-state index contributed by atoms with van der Waals surface area (Å²) >= 11 is 0. The monoisotopic (exact) mass is 280 g/mol. The summed E-state index contributed by atoms with van der Waals surface area (Å²) in [6, 6.07) is 10.2. The van der Waals surface area contributed by atoms with Gasteiger partial charge in [-0.2, -0.15) is 0 Å². The third-order valence-electron chi connectivity index (χ3n) is 2.33. The summed E-state index contributed by atoms with van der Waals surface area (Å²) in [4.78, 5) is 10.2. The molecule has 0 aliphatic rings. The van der Waals surface area contributed by atoms with Crippen molar-refractivity contribution in [1.82, 2.24) is 0 Å². The number of sulfonamides is 1. The zero-order valence-corrected chi connectivity index (χ0v) is 10.4. The molecule has 2 rings (SSSR count). The predicted octanol–water partition coefficient (Wildman–Crippen LogP) is 3.02. The van der Waals surface area contributed by atoms with E-state index >= 15 is 0 Å². The molecule has 0 unspecified atom stereocenters. The Labute approximate surface area is 109 Å². The number of nitrogens with one attached hydrogen (secondary N) is 1. The van der Waals surface area contributed by atoms with Gasteiger partial charge in [0.15, 0.2) is 0 Å². The van der Waals surface area contributed by atoms with E-state index in [1.165, 1.54) is 42.5 Å². The van der Waals surface area contributed by atoms with Crippen LogP contribution >= 0.6 is 0 Å². The summed E-state index contributed by atoms with van der Waals surface area (Å²) in [5.74, 6) is -0.541. The molecule has 0 saturated heterocycles. The van der Waals surface area contributed by atoms with E-state index in [1.54, 1.807) is 0 Å². The second-order valence-corrected chi connectivity index (χ2v) is 5.38. The first-order valence-electron chi connectivity index (χ1n) is 5.23. The Hall–Kier alpha value is -2.28. The highest BCUT2D eigenvalue weighted by molar-refractivity contribution is 7.92. The van der Waals surface area contributed by atoms with Gasteiger partial charge in [-0.25, -0.2) is 12.8 Å². The third kappa shape index (κ3) is 3.14. The minimum absolute atomic E-state index is 0.0378. The first-order chi connectivity index (χ1) is 9.01. The van der Waals surface area contributed by atoms with Crippen LogP contribution in [-0.2, 0) is 10.0 Å². The van der Waals surface area contributed by atoms with Gasteiger partial charge in [0.25, 0.3) is 10.0 Å². The molecule has 2 aromatic rings. The second kappa shape index (κ2) is 5.15. The van der Waals surface area contributed by atoms with Gasteiger partial charge in [0.1, 0.15) is 11.5 Å². The third-order valence-corrected chi connectivity index (χ3v) is 3.73. The van der Waals surface area contributed by atoms with Crippen LogP contribution in [-0.4, -0.2) is 8.42 Å². The lowest BCUT2D eigenvalue weighted by Crippen LogP contribution is -2.12. The molecule has 0 fully saturated rings. The summed E-state index contributed by atoms with van der Waals surface area (Å²) in [6.07, 6.45) is 0. The van der Waals surface area contributed by atoms with E-state index in [9.17, 15) is 17.7 Å². The van der Waals surface area contributed by atoms with Gasteiger partial charge >= 0.3 is 0 Å². The number of hydrogen-bond acceptors (Lipinski definition) is 4. The van der Waals surface area contributed by atoms with Crippen molar-refractivity contribution in [3.05, 3.63) is 59.3 Å². The quantitative estimate of drug-likeness (QED) is 0.874. The minimum Gasteiger partial charge on any atom is -0.280 e. The van der Waals surface area contributed by atoms with E-state index in [2.05, 4.69) is 9.90 Å². The molecule has 0 atom stereocenters. The van der Waals surface area contributed by atoms with Crippen molar-refractivity contribution in [2.24, 2.45) is 5.18 Å². The van der Waals surface area contributed by atoms with Crippen molar-refractivity contribution in [3.63, 3.8) is 0 Å². The molecule has 0 saturated carbocycles. The van der Waals surface area contributed by atoms with Gasteiger partial charge in [-0.05, 0) is 47.6 Å². The van der Waals surface area contributed by atoms with Crippen molar-refractivity contribution in [2.75, 3.05) is 4.72 Å². The lowest BCUT2D eigenvalue weighted by molar-refractivity contribution is 0.601. The van der Waals surface area contributed by atoms with Gasteiger partial charge in [0, 0.05) is 0 Å². The van der Waals surface area contributed by atoms with Crippen LogP contribution < -0.4 is 4.72 Å². The predicted molar refractivity (Wildman–Crippen MR) is 69.1 cm³/mol. The van der Waals surface area contributed by atoms with E-state index in [-0.39, 0.29) is 16.3 Å². The smallest absolute Gasteiger partial charge is 0.261 e. The molecule has 0 aliphatic heterocycles. The fourth-order valence-corrected chi connectivity index (χ4v) is 2.50. The summed E-state index contributed by atoms with van der Waals surface area (Å²) < 4.78 is 39.1. The first kappa shape index (κ1) is 13.2. The van der Waals surface area contributed by atoms with Crippen LogP contribution in [0, 0.1) is 10.7 Å². The molecular formula is C12H9FN2O3S. The van der Waals surface area contributed by atoms with Crippen LogP contribution in [0.3, 0.4) is 0 Å². The van der Waals surface area contributed by atoms with Gasteiger partial charge in [-0.15, -0.1) is 4.91 Å². The normalized spacial score (nSPS) is 11.0. The number of nitroso groups, excluding NO2 is 1. The average Bonchev–Trinajstić information content (AvgIpc) is 2.38. The van der Waals surface area contributed by atoms with Crippen molar-refractivity contribution in [3.8, 4) is 0 Å². The molecule has 2 aromatic carbocycles. The van der Waals surface area contributed by atoms with Gasteiger partial charge in [-0.1, -0.05) is 6.07 Å². The molecule has 0 aliphatic carbocycles. The van der Waals surface area contributed by atoms with Crippen LogP contribution in [0.2, 0.25) is 0 Å². The number of halogens is 1. The summed E-state index contributed by atoms with van der Waals surface area (Å²) in [5.41, 5.74) is 0.252. The average molecular weight is 280 g/mol. The molecule has 0 radical (unpaired) electrons. The zero-order valence-electron chi connectivity index (χ0n) is 9.58. The van der Waals surface area contributed by atoms with Crippen LogP contribution in [0.25, 0.3) is 0 Å². The molecule has 19 heavy (non-hydrogen) atoms. The molecule has 0 heterocycles. The first-order valence-corrected chi connectivity index (χ1v) is 6.71. The molecule has 0 bridgehead atoms. The van der Waals surface area contributed by atoms with Crippen LogP contribution in [0.1, 0.15) is 0 Å². The Morgan fingerprint density at radius 2 is 1.74 bits per heavy atom. The van der Waals surface area contributed by atoms with E-state index in [4.69, 9.17) is 0 Å². The number of rotatable bonds is 4. The minimum atomic E-state index is -3.82. The summed E-state index contributed by atoms with van der Waals surface area (Å²) in [6.45, 7) is 0. The second-order valence-electron chi connectivity index (χ2n) is 3.70. The molecule has 1 N–H and O–H groups in total. The molecular weight excluding hydrogens is 271 g/mol. The Bertz CT molecular complexity index is 699. The standard InChI is InChI=1S/C12H9FN2O3S/c13-9-2-1-3-11(8-9)15-19(17,18)12-6-4-10(14-16)5-7-12/h1-8,15H. The number of hydrogen-bond donors (Lipinski definition) is 1.